The van der Waals surface area contributed by atoms with Gasteiger partial charge in [-0.25, -0.2) is 8.78 Å². The average molecular weight is 599 g/mol. The molecule has 1 aliphatic carbocycles. The first kappa shape index (κ1) is 28.6. The van der Waals surface area contributed by atoms with Gasteiger partial charge in [-0.3, -0.25) is 14.0 Å². The van der Waals surface area contributed by atoms with Gasteiger partial charge >= 0.3 is 5.97 Å². The van der Waals surface area contributed by atoms with Crippen molar-refractivity contribution in [1.29, 1.82) is 0 Å². The Hall–Kier alpha value is -3.54. The number of esters is 1. The Bertz CT molecular complexity index is 1460. The van der Waals surface area contributed by atoms with Gasteiger partial charge in [-0.2, -0.15) is 4.98 Å². The highest BCUT2D eigenvalue weighted by molar-refractivity contribution is 8.01. The standard InChI is InChI=1S/C30H36F2N6O3S/c1-2-41-26(39)20-42-35-21-5-6-23(24(18-21)36-14-9-29(7-8-29)10-15-36)27(40)33-25-19-22-4-3-13-38(22)28(34-25)37-16-11-30(31,32)12-17-37/h3-6,13,18-19,35H,2,7-12,14-17,20H2,1H3,(H,33,40). The van der Waals surface area contributed by atoms with E-state index in [0.29, 0.717) is 29.4 Å². The minimum Gasteiger partial charge on any atom is -0.465 e. The van der Waals surface area contributed by atoms with E-state index >= 15 is 0 Å². The van der Waals surface area contributed by atoms with Crippen molar-refractivity contribution in [3.8, 4) is 0 Å². The Morgan fingerprint density at radius 2 is 1.74 bits per heavy atom. The van der Waals surface area contributed by atoms with Crippen LogP contribution in [-0.2, 0) is 9.53 Å². The van der Waals surface area contributed by atoms with Gasteiger partial charge in [0, 0.05) is 57.0 Å². The van der Waals surface area contributed by atoms with Gasteiger partial charge in [0.1, 0.15) is 11.6 Å². The zero-order valence-electron chi connectivity index (χ0n) is 23.7. The quantitative estimate of drug-likeness (QED) is 0.235. The Morgan fingerprint density at radius 1 is 1.00 bits per heavy atom. The first-order chi connectivity index (χ1) is 20.2. The van der Waals surface area contributed by atoms with Crippen LogP contribution in [-0.4, -0.2) is 65.7 Å². The summed E-state index contributed by atoms with van der Waals surface area (Å²) < 4.78 is 37.8. The SMILES string of the molecule is CCOC(=O)CSNc1ccc(C(=O)Nc2cc3cccn3c(N3CCC(F)(F)CC3)n2)c(N2CCC3(CC2)CC3)c1. The minimum absolute atomic E-state index is 0.169. The maximum absolute atomic E-state index is 13.8. The van der Waals surface area contributed by atoms with E-state index in [1.165, 1.54) is 24.8 Å². The number of hydrogen-bond donors (Lipinski definition) is 2. The third kappa shape index (κ3) is 6.28. The summed E-state index contributed by atoms with van der Waals surface area (Å²) in [5, 5.41) is 2.98. The average Bonchev–Trinajstić information content (AvgIpc) is 3.54. The number of carbonyl (C=O) groups excluding carboxylic acids is 2. The number of fused-ring (bicyclic) bond motifs is 1. The number of piperidine rings is 2. The Labute approximate surface area is 248 Å². The molecule has 4 heterocycles. The summed E-state index contributed by atoms with van der Waals surface area (Å²) >= 11 is 1.25. The van der Waals surface area contributed by atoms with Crippen LogP contribution in [0.1, 0.15) is 55.8 Å². The summed E-state index contributed by atoms with van der Waals surface area (Å²) in [4.78, 5) is 34.4. The van der Waals surface area contributed by atoms with Crippen LogP contribution in [0.3, 0.4) is 0 Å². The van der Waals surface area contributed by atoms with E-state index in [1.54, 1.807) is 19.1 Å². The number of benzene rings is 1. The molecule has 6 rings (SSSR count). The number of aromatic nitrogens is 2. The van der Waals surface area contributed by atoms with Crippen molar-refractivity contribution in [3.05, 3.63) is 48.2 Å². The van der Waals surface area contributed by atoms with Crippen LogP contribution < -0.4 is 19.8 Å². The maximum atomic E-state index is 13.8. The molecule has 1 spiro atoms. The summed E-state index contributed by atoms with van der Waals surface area (Å²) in [5.74, 6) is -2.17. The minimum atomic E-state index is -2.67. The molecule has 3 fully saturated rings. The molecule has 0 radical (unpaired) electrons. The number of rotatable bonds is 9. The van der Waals surface area contributed by atoms with Crippen molar-refractivity contribution < 1.29 is 23.1 Å². The van der Waals surface area contributed by atoms with E-state index in [0.717, 1.165) is 42.8 Å². The predicted octanol–water partition coefficient (Wildman–Crippen LogP) is 5.83. The fourth-order valence-corrected chi connectivity index (χ4v) is 6.43. The number of ether oxygens (including phenoxy) is 1. The lowest BCUT2D eigenvalue weighted by Crippen LogP contribution is -2.40. The molecule has 0 atom stereocenters. The molecular weight excluding hydrogens is 562 g/mol. The molecule has 9 nitrogen and oxygen atoms in total. The molecule has 1 saturated carbocycles. The van der Waals surface area contributed by atoms with Gasteiger partial charge in [0.2, 0.25) is 5.95 Å². The molecule has 1 amide bonds. The van der Waals surface area contributed by atoms with Crippen LogP contribution in [0.25, 0.3) is 5.52 Å². The van der Waals surface area contributed by atoms with Crippen molar-refractivity contribution in [2.45, 2.75) is 51.4 Å². The van der Waals surface area contributed by atoms with E-state index in [2.05, 4.69) is 14.9 Å². The van der Waals surface area contributed by atoms with Gasteiger partial charge in [-0.05, 0) is 80.3 Å². The Kier molecular flexibility index (Phi) is 7.91. The number of hydrogen-bond acceptors (Lipinski definition) is 8. The van der Waals surface area contributed by atoms with Crippen molar-refractivity contribution in [2.24, 2.45) is 5.41 Å². The highest BCUT2D eigenvalue weighted by atomic mass is 32.2. The second-order valence-electron chi connectivity index (χ2n) is 11.5. The molecule has 3 aromatic rings. The van der Waals surface area contributed by atoms with Crippen LogP contribution in [0.15, 0.2) is 42.6 Å². The van der Waals surface area contributed by atoms with Crippen LogP contribution >= 0.6 is 11.9 Å². The van der Waals surface area contributed by atoms with Crippen molar-refractivity contribution in [3.63, 3.8) is 0 Å². The molecule has 2 aromatic heterocycles. The molecule has 3 aliphatic rings. The highest BCUT2D eigenvalue weighted by Crippen LogP contribution is 2.54. The Balaban J connectivity index is 1.23. The van der Waals surface area contributed by atoms with E-state index in [9.17, 15) is 18.4 Å². The van der Waals surface area contributed by atoms with E-state index in [4.69, 9.17) is 9.72 Å². The smallest absolute Gasteiger partial charge is 0.317 e. The van der Waals surface area contributed by atoms with Crippen molar-refractivity contribution >= 4 is 52.5 Å². The fraction of sp³-hybridized carbons (Fsp3) is 0.500. The first-order valence-corrected chi connectivity index (χ1v) is 15.6. The molecule has 2 aliphatic heterocycles. The van der Waals surface area contributed by atoms with Crippen LogP contribution in [0.5, 0.6) is 0 Å². The number of amides is 1. The molecule has 42 heavy (non-hydrogen) atoms. The third-order valence-electron chi connectivity index (χ3n) is 8.57. The predicted molar refractivity (Wildman–Crippen MR) is 162 cm³/mol. The van der Waals surface area contributed by atoms with E-state index < -0.39 is 5.92 Å². The van der Waals surface area contributed by atoms with E-state index in [1.807, 2.05) is 39.8 Å². The first-order valence-electron chi connectivity index (χ1n) is 14.6. The lowest BCUT2D eigenvalue weighted by molar-refractivity contribution is -0.139. The normalized spacial score (nSPS) is 19.1. The lowest BCUT2D eigenvalue weighted by Gasteiger charge is -2.35. The van der Waals surface area contributed by atoms with Gasteiger partial charge in [-0.15, -0.1) is 0 Å². The molecule has 12 heteroatoms. The summed E-state index contributed by atoms with van der Waals surface area (Å²) in [6, 6.07) is 11.1. The number of anilines is 4. The maximum Gasteiger partial charge on any atom is 0.317 e. The topological polar surface area (TPSA) is 91.2 Å². The highest BCUT2D eigenvalue weighted by Gasteiger charge is 2.44. The Morgan fingerprint density at radius 3 is 2.45 bits per heavy atom. The summed E-state index contributed by atoms with van der Waals surface area (Å²) in [6.07, 6.45) is 6.17. The summed E-state index contributed by atoms with van der Waals surface area (Å²) in [7, 11) is 0. The zero-order valence-corrected chi connectivity index (χ0v) is 24.5. The van der Waals surface area contributed by atoms with Gasteiger partial charge in [0.05, 0.1) is 23.4 Å². The monoisotopic (exact) mass is 598 g/mol. The van der Waals surface area contributed by atoms with Crippen LogP contribution in [0, 0.1) is 5.41 Å². The third-order valence-corrected chi connectivity index (χ3v) is 9.33. The molecular formula is C30H36F2N6O3S. The number of halogens is 2. The molecule has 2 saturated heterocycles. The zero-order chi connectivity index (χ0) is 29.3. The van der Waals surface area contributed by atoms with Gasteiger partial charge in [0.25, 0.3) is 11.8 Å². The molecule has 0 bridgehead atoms. The lowest BCUT2D eigenvalue weighted by atomic mass is 9.93. The van der Waals surface area contributed by atoms with Crippen molar-refractivity contribution in [1.82, 2.24) is 9.38 Å². The summed E-state index contributed by atoms with van der Waals surface area (Å²) in [6.45, 7) is 4.24. The molecule has 224 valence electrons. The van der Waals surface area contributed by atoms with Gasteiger partial charge in [0.15, 0.2) is 0 Å². The number of carbonyl (C=O) groups is 2. The van der Waals surface area contributed by atoms with Gasteiger partial charge < -0.3 is 24.6 Å². The summed E-state index contributed by atoms with van der Waals surface area (Å²) in [5.41, 5.74) is 3.44. The fourth-order valence-electron chi connectivity index (χ4n) is 5.86. The second-order valence-corrected chi connectivity index (χ2v) is 12.2. The largest absolute Gasteiger partial charge is 0.465 e. The molecule has 1 aromatic carbocycles. The van der Waals surface area contributed by atoms with Gasteiger partial charge in [-0.1, -0.05) is 0 Å². The second kappa shape index (κ2) is 11.6. The number of nitrogens with one attached hydrogen (secondary N) is 2. The van der Waals surface area contributed by atoms with Crippen LogP contribution in [0.4, 0.5) is 31.9 Å². The molecule has 2 N–H and O–H groups in total. The van der Waals surface area contributed by atoms with Crippen LogP contribution in [0.2, 0.25) is 0 Å². The van der Waals surface area contributed by atoms with E-state index in [-0.39, 0.29) is 43.6 Å². The number of nitrogens with zero attached hydrogens (tertiary/aromatic N) is 4. The molecule has 0 unspecified atom stereocenters. The number of alkyl halides is 2. The van der Waals surface area contributed by atoms with Crippen molar-refractivity contribution in [2.75, 3.05) is 58.4 Å².